The van der Waals surface area contributed by atoms with Gasteiger partial charge in [0.2, 0.25) is 5.91 Å². The molecule has 7 nitrogen and oxygen atoms in total. The molecule has 4 rings (SSSR count). The first-order chi connectivity index (χ1) is 12.6. The molecule has 3 N–H and O–H groups in total. The Morgan fingerprint density at radius 3 is 2.62 bits per heavy atom. The number of amides is 1. The highest BCUT2D eigenvalue weighted by molar-refractivity contribution is 7.14. The fourth-order valence-electron chi connectivity index (χ4n) is 3.23. The van der Waals surface area contributed by atoms with Crippen molar-refractivity contribution in [2.24, 2.45) is 11.7 Å². The van der Waals surface area contributed by atoms with Gasteiger partial charge in [0.1, 0.15) is 16.5 Å². The average Bonchev–Trinajstić information content (AvgIpc) is 3.08. The van der Waals surface area contributed by atoms with Crippen LogP contribution in [0.3, 0.4) is 0 Å². The predicted octanol–water partition coefficient (Wildman–Crippen LogP) is 2.91. The number of hydrogen-bond donors (Lipinski definition) is 2. The molecule has 1 aliphatic rings. The normalized spacial score (nSPS) is 20.2. The second kappa shape index (κ2) is 7.05. The molecule has 3 aromatic rings. The SMILES string of the molecule is Cc1nnc(-c2cc3cc(NC(=O)C4CCC(N)CC4)ncc3cn2)s1. The topological polar surface area (TPSA) is 107 Å². The zero-order valence-corrected chi connectivity index (χ0v) is 15.3. The highest BCUT2D eigenvalue weighted by Gasteiger charge is 2.24. The summed E-state index contributed by atoms with van der Waals surface area (Å²) in [6.45, 7) is 1.91. The lowest BCUT2D eigenvalue weighted by molar-refractivity contribution is -0.120. The van der Waals surface area contributed by atoms with Crippen molar-refractivity contribution in [2.45, 2.75) is 38.6 Å². The Morgan fingerprint density at radius 1 is 1.12 bits per heavy atom. The van der Waals surface area contributed by atoms with E-state index < -0.39 is 0 Å². The number of anilines is 1. The van der Waals surface area contributed by atoms with Crippen molar-refractivity contribution in [3.8, 4) is 10.7 Å². The number of carbonyl (C=O) groups excluding carboxylic acids is 1. The number of hydrogen-bond acceptors (Lipinski definition) is 7. The van der Waals surface area contributed by atoms with Crippen LogP contribution in [0.15, 0.2) is 24.5 Å². The van der Waals surface area contributed by atoms with Crippen molar-refractivity contribution >= 4 is 33.8 Å². The molecule has 0 atom stereocenters. The molecule has 1 amide bonds. The summed E-state index contributed by atoms with van der Waals surface area (Å²) < 4.78 is 0. The standard InChI is InChI=1S/C18H20N6OS/c1-10-23-24-18(26-10)15-6-12-7-16(21-9-13(12)8-20-15)22-17(25)11-2-4-14(19)5-3-11/h6-9,11,14H,2-5,19H2,1H3,(H,21,22,25). The van der Waals surface area contributed by atoms with Crippen LogP contribution >= 0.6 is 11.3 Å². The zero-order valence-electron chi connectivity index (χ0n) is 14.5. The third-order valence-corrected chi connectivity index (χ3v) is 5.60. The summed E-state index contributed by atoms with van der Waals surface area (Å²) in [5.74, 6) is 0.602. The summed E-state index contributed by atoms with van der Waals surface area (Å²) in [7, 11) is 0. The van der Waals surface area contributed by atoms with Gasteiger partial charge in [-0.05, 0) is 50.1 Å². The second-order valence-electron chi connectivity index (χ2n) is 6.71. The molecule has 26 heavy (non-hydrogen) atoms. The molecular weight excluding hydrogens is 348 g/mol. The first-order valence-corrected chi connectivity index (χ1v) is 9.53. The van der Waals surface area contributed by atoms with E-state index in [0.29, 0.717) is 5.82 Å². The highest BCUT2D eigenvalue weighted by Crippen LogP contribution is 2.27. The summed E-state index contributed by atoms with van der Waals surface area (Å²) in [5, 5.41) is 14.7. The molecule has 0 spiro atoms. The zero-order chi connectivity index (χ0) is 18.1. The minimum atomic E-state index is 0.0182. The molecule has 134 valence electrons. The molecule has 3 heterocycles. The van der Waals surface area contributed by atoms with Crippen molar-refractivity contribution < 1.29 is 4.79 Å². The Morgan fingerprint density at radius 2 is 1.88 bits per heavy atom. The maximum Gasteiger partial charge on any atom is 0.228 e. The number of rotatable bonds is 3. The molecule has 1 saturated carbocycles. The Kier molecular flexibility index (Phi) is 4.60. The Labute approximate surface area is 155 Å². The van der Waals surface area contributed by atoms with Gasteiger partial charge >= 0.3 is 0 Å². The van der Waals surface area contributed by atoms with Crippen LogP contribution in [0.25, 0.3) is 21.5 Å². The van der Waals surface area contributed by atoms with E-state index in [1.165, 1.54) is 11.3 Å². The second-order valence-corrected chi connectivity index (χ2v) is 7.90. The van der Waals surface area contributed by atoms with Crippen LogP contribution in [0.5, 0.6) is 0 Å². The third-order valence-electron chi connectivity index (χ3n) is 4.74. The largest absolute Gasteiger partial charge is 0.328 e. The van der Waals surface area contributed by atoms with Crippen molar-refractivity contribution in [1.82, 2.24) is 20.2 Å². The summed E-state index contributed by atoms with van der Waals surface area (Å²) in [4.78, 5) is 21.3. The van der Waals surface area contributed by atoms with Gasteiger partial charge in [-0.3, -0.25) is 9.78 Å². The molecule has 0 aromatic carbocycles. The van der Waals surface area contributed by atoms with Crippen molar-refractivity contribution in [3.05, 3.63) is 29.5 Å². The van der Waals surface area contributed by atoms with Crippen molar-refractivity contribution in [2.75, 3.05) is 5.32 Å². The molecule has 0 unspecified atom stereocenters. The summed E-state index contributed by atoms with van der Waals surface area (Å²) in [6.07, 6.45) is 6.97. The number of aryl methyl sites for hydroxylation is 1. The lowest BCUT2D eigenvalue weighted by Gasteiger charge is -2.24. The van der Waals surface area contributed by atoms with Gasteiger partial charge in [-0.25, -0.2) is 4.98 Å². The minimum Gasteiger partial charge on any atom is -0.328 e. The Balaban J connectivity index is 1.55. The van der Waals surface area contributed by atoms with Gasteiger partial charge in [0.25, 0.3) is 0 Å². The summed E-state index contributed by atoms with van der Waals surface area (Å²) in [5.41, 5.74) is 6.69. The number of carbonyl (C=O) groups is 1. The van der Waals surface area contributed by atoms with E-state index in [-0.39, 0.29) is 17.9 Å². The van der Waals surface area contributed by atoms with E-state index in [1.54, 1.807) is 12.4 Å². The number of nitrogens with two attached hydrogens (primary N) is 1. The van der Waals surface area contributed by atoms with Gasteiger partial charge < -0.3 is 11.1 Å². The first-order valence-electron chi connectivity index (χ1n) is 8.71. The Bertz CT molecular complexity index is 948. The van der Waals surface area contributed by atoms with E-state index >= 15 is 0 Å². The Hall–Kier alpha value is -2.45. The molecule has 0 bridgehead atoms. The lowest BCUT2D eigenvalue weighted by Crippen LogP contribution is -2.32. The summed E-state index contributed by atoms with van der Waals surface area (Å²) in [6, 6.07) is 4.06. The minimum absolute atomic E-state index is 0.0182. The molecule has 0 aliphatic heterocycles. The van der Waals surface area contributed by atoms with Crippen molar-refractivity contribution in [1.29, 1.82) is 0 Å². The molecular formula is C18H20N6OS. The molecule has 0 saturated heterocycles. The van der Waals surface area contributed by atoms with Crippen LogP contribution in [-0.2, 0) is 4.79 Å². The van der Waals surface area contributed by atoms with Gasteiger partial charge in [-0.1, -0.05) is 11.3 Å². The van der Waals surface area contributed by atoms with Gasteiger partial charge in [0.05, 0.1) is 0 Å². The number of fused-ring (bicyclic) bond motifs is 1. The fraction of sp³-hybridized carbons (Fsp3) is 0.389. The van der Waals surface area contributed by atoms with Crippen LogP contribution in [0.2, 0.25) is 0 Å². The van der Waals surface area contributed by atoms with E-state index in [0.717, 1.165) is 52.2 Å². The van der Waals surface area contributed by atoms with E-state index in [9.17, 15) is 4.79 Å². The van der Waals surface area contributed by atoms with Crippen LogP contribution < -0.4 is 11.1 Å². The number of pyridine rings is 2. The van der Waals surface area contributed by atoms with Gasteiger partial charge in [0.15, 0.2) is 5.01 Å². The maximum absolute atomic E-state index is 12.5. The smallest absolute Gasteiger partial charge is 0.228 e. The average molecular weight is 368 g/mol. The van der Waals surface area contributed by atoms with E-state index in [2.05, 4.69) is 25.5 Å². The highest BCUT2D eigenvalue weighted by atomic mass is 32.1. The quantitative estimate of drug-likeness (QED) is 0.736. The van der Waals surface area contributed by atoms with Gasteiger partial charge in [-0.2, -0.15) is 0 Å². The van der Waals surface area contributed by atoms with Gasteiger partial charge in [-0.15, -0.1) is 10.2 Å². The van der Waals surface area contributed by atoms with Crippen LogP contribution in [0.4, 0.5) is 5.82 Å². The number of nitrogens with one attached hydrogen (secondary N) is 1. The third kappa shape index (κ3) is 3.56. The van der Waals surface area contributed by atoms with E-state index in [4.69, 9.17) is 5.73 Å². The van der Waals surface area contributed by atoms with Crippen molar-refractivity contribution in [3.63, 3.8) is 0 Å². The lowest BCUT2D eigenvalue weighted by atomic mass is 9.86. The fourth-order valence-corrected chi connectivity index (χ4v) is 3.89. The molecule has 3 aromatic heterocycles. The van der Waals surface area contributed by atoms with Gasteiger partial charge in [0, 0.05) is 29.7 Å². The summed E-state index contributed by atoms with van der Waals surface area (Å²) >= 11 is 1.50. The number of nitrogens with zero attached hydrogens (tertiary/aromatic N) is 4. The van der Waals surface area contributed by atoms with Crippen LogP contribution in [-0.4, -0.2) is 32.1 Å². The molecule has 1 fully saturated rings. The maximum atomic E-state index is 12.5. The molecule has 1 aliphatic carbocycles. The van der Waals surface area contributed by atoms with Crippen LogP contribution in [0, 0.1) is 12.8 Å². The van der Waals surface area contributed by atoms with E-state index in [1.807, 2.05) is 19.1 Å². The molecule has 8 heteroatoms. The van der Waals surface area contributed by atoms with Crippen LogP contribution in [0.1, 0.15) is 30.7 Å². The number of aromatic nitrogens is 4. The predicted molar refractivity (Wildman–Crippen MR) is 102 cm³/mol. The first kappa shape index (κ1) is 17.0. The molecule has 0 radical (unpaired) electrons. The monoisotopic (exact) mass is 368 g/mol.